The van der Waals surface area contributed by atoms with E-state index in [2.05, 4.69) is 5.32 Å². The van der Waals surface area contributed by atoms with Gasteiger partial charge in [0.1, 0.15) is 0 Å². The van der Waals surface area contributed by atoms with Gasteiger partial charge in [0.05, 0.1) is 11.0 Å². The molecule has 3 N–H and O–H groups in total. The molecule has 0 saturated carbocycles. The Kier molecular flexibility index (Phi) is 6.19. The third-order valence-corrected chi connectivity index (χ3v) is 3.25. The van der Waals surface area contributed by atoms with E-state index in [4.69, 9.17) is 11.6 Å². The highest BCUT2D eigenvalue weighted by atomic mass is 35.5. The van der Waals surface area contributed by atoms with Crippen molar-refractivity contribution in [3.8, 4) is 5.75 Å². The van der Waals surface area contributed by atoms with Crippen molar-refractivity contribution in [2.45, 2.75) is 32.9 Å². The summed E-state index contributed by atoms with van der Waals surface area (Å²) in [4.78, 5) is 10.1. The van der Waals surface area contributed by atoms with Crippen LogP contribution in [0.15, 0.2) is 12.1 Å². The van der Waals surface area contributed by atoms with Crippen LogP contribution in [0.4, 0.5) is 5.69 Å². The summed E-state index contributed by atoms with van der Waals surface area (Å²) in [6.45, 7) is 4.64. The normalized spacial score (nSPS) is 12.7. The van der Waals surface area contributed by atoms with E-state index in [1.165, 1.54) is 6.07 Å². The van der Waals surface area contributed by atoms with Crippen LogP contribution in [0.5, 0.6) is 5.75 Å². The Balaban J connectivity index is 2.62. The molecule has 0 aliphatic carbocycles. The molecule has 0 radical (unpaired) electrons. The zero-order valence-corrected chi connectivity index (χ0v) is 12.2. The van der Waals surface area contributed by atoms with E-state index >= 15 is 0 Å². The van der Waals surface area contributed by atoms with Crippen LogP contribution < -0.4 is 5.32 Å². The number of hydrogen-bond donors (Lipinski definition) is 3. The average molecular weight is 303 g/mol. The maximum absolute atomic E-state index is 10.8. The number of phenolic OH excluding ortho intramolecular Hbond substituents is 1. The molecule has 0 aromatic heterocycles. The van der Waals surface area contributed by atoms with Crippen LogP contribution >= 0.6 is 11.6 Å². The monoisotopic (exact) mass is 302 g/mol. The lowest BCUT2D eigenvalue weighted by molar-refractivity contribution is -0.385. The van der Waals surface area contributed by atoms with Crippen LogP contribution in [0.2, 0.25) is 5.02 Å². The van der Waals surface area contributed by atoms with Gasteiger partial charge < -0.3 is 15.5 Å². The van der Waals surface area contributed by atoms with Crippen LogP contribution in [-0.2, 0) is 6.54 Å². The molecule has 112 valence electrons. The predicted molar refractivity (Wildman–Crippen MR) is 76.9 cm³/mol. The zero-order chi connectivity index (χ0) is 15.3. The van der Waals surface area contributed by atoms with Gasteiger partial charge in [-0.1, -0.05) is 25.4 Å². The zero-order valence-electron chi connectivity index (χ0n) is 11.5. The van der Waals surface area contributed by atoms with Crippen molar-refractivity contribution in [3.05, 3.63) is 32.8 Å². The highest BCUT2D eigenvalue weighted by Crippen LogP contribution is 2.33. The van der Waals surface area contributed by atoms with Crippen LogP contribution in [0.3, 0.4) is 0 Å². The number of nitrogens with zero attached hydrogens (tertiary/aromatic N) is 1. The van der Waals surface area contributed by atoms with Crippen molar-refractivity contribution < 1.29 is 15.1 Å². The lowest BCUT2D eigenvalue weighted by Crippen LogP contribution is -2.23. The Labute approximate surface area is 122 Å². The first-order valence-corrected chi connectivity index (χ1v) is 6.75. The molecule has 1 aromatic carbocycles. The fourth-order valence-corrected chi connectivity index (χ4v) is 1.96. The fourth-order valence-electron chi connectivity index (χ4n) is 1.72. The van der Waals surface area contributed by atoms with Crippen LogP contribution in [0.1, 0.15) is 25.8 Å². The van der Waals surface area contributed by atoms with Crippen LogP contribution in [0, 0.1) is 16.0 Å². The maximum atomic E-state index is 10.8. The summed E-state index contributed by atoms with van der Waals surface area (Å²) in [5.74, 6) is -0.200. The van der Waals surface area contributed by atoms with Crippen LogP contribution in [0.25, 0.3) is 0 Å². The first-order chi connectivity index (χ1) is 9.32. The summed E-state index contributed by atoms with van der Waals surface area (Å²) in [5, 5.41) is 33.4. The number of halogens is 1. The molecule has 1 unspecified atom stereocenters. The van der Waals surface area contributed by atoms with E-state index in [0.29, 0.717) is 18.5 Å². The van der Waals surface area contributed by atoms with Gasteiger partial charge in [-0.2, -0.15) is 0 Å². The molecule has 1 atom stereocenters. The Hall–Kier alpha value is -1.37. The van der Waals surface area contributed by atoms with Crippen molar-refractivity contribution >= 4 is 17.3 Å². The predicted octanol–water partition coefficient (Wildman–Crippen LogP) is 2.45. The molecule has 1 aromatic rings. The van der Waals surface area contributed by atoms with Gasteiger partial charge in [0.15, 0.2) is 5.75 Å². The Morgan fingerprint density at radius 3 is 2.65 bits per heavy atom. The van der Waals surface area contributed by atoms with Gasteiger partial charge in [-0.25, -0.2) is 0 Å². The van der Waals surface area contributed by atoms with E-state index < -0.39 is 16.7 Å². The molecule has 1 rings (SSSR count). The van der Waals surface area contributed by atoms with E-state index in [0.717, 1.165) is 6.07 Å². The number of nitrogens with one attached hydrogen (secondary N) is 1. The van der Waals surface area contributed by atoms with Gasteiger partial charge in [-0.15, -0.1) is 0 Å². The number of hydrogen-bond acceptors (Lipinski definition) is 5. The van der Waals surface area contributed by atoms with E-state index in [1.54, 1.807) is 0 Å². The Morgan fingerprint density at radius 1 is 1.45 bits per heavy atom. The summed E-state index contributed by atoms with van der Waals surface area (Å²) < 4.78 is 0. The average Bonchev–Trinajstić information content (AvgIpc) is 2.37. The molecule has 7 heteroatoms. The van der Waals surface area contributed by atoms with E-state index in [1.807, 2.05) is 13.8 Å². The van der Waals surface area contributed by atoms with Gasteiger partial charge in [0, 0.05) is 23.2 Å². The smallest absolute Gasteiger partial charge is 0.312 e. The van der Waals surface area contributed by atoms with Crippen molar-refractivity contribution in [1.82, 2.24) is 5.32 Å². The lowest BCUT2D eigenvalue weighted by atomic mass is 10.0. The number of nitro groups is 1. The first kappa shape index (κ1) is 16.7. The van der Waals surface area contributed by atoms with E-state index in [-0.39, 0.29) is 23.2 Å². The third kappa shape index (κ3) is 4.63. The summed E-state index contributed by atoms with van der Waals surface area (Å²) in [6, 6.07) is 2.60. The summed E-state index contributed by atoms with van der Waals surface area (Å²) in [5.41, 5.74) is -0.0419. The second-order valence-corrected chi connectivity index (χ2v) is 5.40. The van der Waals surface area contributed by atoms with Crippen molar-refractivity contribution in [1.29, 1.82) is 0 Å². The molecule has 6 nitrogen and oxygen atoms in total. The number of phenols is 1. The SMILES string of the molecule is CC(C)C(O)CCNCc1cc(Cl)cc([N+](=O)[O-])c1O. The topological polar surface area (TPSA) is 95.6 Å². The molecule has 0 saturated heterocycles. The van der Waals surface area contributed by atoms with Gasteiger partial charge in [-0.05, 0) is 24.9 Å². The van der Waals surface area contributed by atoms with Crippen molar-refractivity contribution in [3.63, 3.8) is 0 Å². The van der Waals surface area contributed by atoms with Crippen molar-refractivity contribution in [2.24, 2.45) is 5.92 Å². The number of aliphatic hydroxyl groups is 1. The Bertz CT molecular complexity index is 480. The summed E-state index contributed by atoms with van der Waals surface area (Å²) >= 11 is 5.79. The quantitative estimate of drug-likeness (QED) is 0.408. The maximum Gasteiger partial charge on any atom is 0.312 e. The van der Waals surface area contributed by atoms with E-state index in [9.17, 15) is 20.3 Å². The van der Waals surface area contributed by atoms with Crippen molar-refractivity contribution in [2.75, 3.05) is 6.54 Å². The largest absolute Gasteiger partial charge is 0.502 e. The molecule has 0 amide bonds. The molecule has 0 aliphatic heterocycles. The van der Waals surface area contributed by atoms with Crippen LogP contribution in [-0.4, -0.2) is 27.8 Å². The first-order valence-electron chi connectivity index (χ1n) is 6.37. The standard InChI is InChI=1S/C13H19ClN2O4/c1-8(2)12(17)3-4-15-7-9-5-10(14)6-11(13(9)18)16(19)20/h5-6,8,12,15,17-18H,3-4,7H2,1-2H3. The molecule has 0 fully saturated rings. The molecule has 0 bridgehead atoms. The fraction of sp³-hybridized carbons (Fsp3) is 0.538. The minimum absolute atomic E-state index is 0.178. The second kappa shape index (κ2) is 7.42. The number of rotatable bonds is 7. The van der Waals surface area contributed by atoms with Gasteiger partial charge in [0.2, 0.25) is 0 Å². The second-order valence-electron chi connectivity index (χ2n) is 4.97. The van der Waals surface area contributed by atoms with Gasteiger partial charge >= 0.3 is 5.69 Å². The minimum Gasteiger partial charge on any atom is -0.502 e. The molecule has 0 aliphatic rings. The summed E-state index contributed by atoms with van der Waals surface area (Å²) in [7, 11) is 0. The number of aromatic hydroxyl groups is 1. The highest BCUT2D eigenvalue weighted by Gasteiger charge is 2.18. The third-order valence-electron chi connectivity index (χ3n) is 3.03. The molecule has 0 spiro atoms. The Morgan fingerprint density at radius 2 is 2.10 bits per heavy atom. The minimum atomic E-state index is -0.673. The molecular formula is C13H19ClN2O4. The highest BCUT2D eigenvalue weighted by molar-refractivity contribution is 6.31. The number of nitro benzene ring substituents is 1. The number of aliphatic hydroxyl groups excluding tert-OH is 1. The summed E-state index contributed by atoms with van der Waals surface area (Å²) in [6.07, 6.45) is 0.172. The molecule has 0 heterocycles. The molecule has 20 heavy (non-hydrogen) atoms. The van der Waals surface area contributed by atoms with Gasteiger partial charge in [-0.3, -0.25) is 10.1 Å². The number of benzene rings is 1. The molecular weight excluding hydrogens is 284 g/mol. The lowest BCUT2D eigenvalue weighted by Gasteiger charge is -2.14. The van der Waals surface area contributed by atoms with Gasteiger partial charge in [0.25, 0.3) is 0 Å².